The summed E-state index contributed by atoms with van der Waals surface area (Å²) in [6.07, 6.45) is 2.32. The molecule has 0 amide bonds. The van der Waals surface area contributed by atoms with Gasteiger partial charge < -0.3 is 4.74 Å². The van der Waals surface area contributed by atoms with Gasteiger partial charge >= 0.3 is 0 Å². The fraction of sp³-hybridized carbons (Fsp3) is 0.455. The molecule has 2 atom stereocenters. The third-order valence-corrected chi connectivity index (χ3v) is 2.04. The molecule has 0 aromatic heterocycles. The van der Waals surface area contributed by atoms with Gasteiger partial charge in [0.25, 0.3) is 0 Å². The molecule has 0 bridgehead atoms. The van der Waals surface area contributed by atoms with Crippen molar-refractivity contribution in [3.8, 4) is 5.75 Å². The van der Waals surface area contributed by atoms with E-state index >= 15 is 0 Å². The van der Waals surface area contributed by atoms with Crippen molar-refractivity contribution in [3.05, 3.63) is 29.8 Å². The third kappa shape index (κ3) is 4.40. The Morgan fingerprint density at radius 2 is 1.79 bits per heavy atom. The monoisotopic (exact) mass is 228 g/mol. The fourth-order valence-corrected chi connectivity index (χ4v) is 1.54. The molecule has 1 nitrogen and oxygen atoms in total. The van der Waals surface area contributed by atoms with E-state index in [1.807, 2.05) is 19.1 Å². The van der Waals surface area contributed by atoms with E-state index in [2.05, 4.69) is 37.5 Å². The molecule has 0 aliphatic heterocycles. The summed E-state index contributed by atoms with van der Waals surface area (Å²) in [7, 11) is 5.28. The number of ether oxygens (including phenoxy) is 1. The fourth-order valence-electron chi connectivity index (χ4n) is 1.27. The Kier molecular flexibility index (Phi) is 4.35. The number of aryl methyl sites for hydroxylation is 1. The molecule has 0 saturated heterocycles. The first-order valence-corrected chi connectivity index (χ1v) is 6.02. The smallest absolute Gasteiger partial charge is 0.131 e. The van der Waals surface area contributed by atoms with Gasteiger partial charge in [-0.05, 0) is 31.0 Å². The minimum Gasteiger partial charge on any atom is -0.480 e. The first kappa shape index (κ1) is 12.0. The Labute approximate surface area is 91.0 Å². The van der Waals surface area contributed by atoms with Crippen molar-refractivity contribution in [2.75, 3.05) is 0 Å². The molecular formula is C11H18OP2. The predicted octanol–water partition coefficient (Wildman–Crippen LogP) is 3.44. The van der Waals surface area contributed by atoms with Gasteiger partial charge in [-0.2, -0.15) is 0 Å². The second kappa shape index (κ2) is 5.10. The Morgan fingerprint density at radius 1 is 1.21 bits per heavy atom. The molecule has 1 aromatic carbocycles. The summed E-state index contributed by atoms with van der Waals surface area (Å²) in [4.78, 5) is 0. The highest BCUT2D eigenvalue weighted by Crippen LogP contribution is 2.29. The van der Waals surface area contributed by atoms with E-state index in [0.717, 1.165) is 12.2 Å². The molecule has 0 aliphatic carbocycles. The molecule has 0 radical (unpaired) electrons. The summed E-state index contributed by atoms with van der Waals surface area (Å²) in [6.45, 7) is 4.18. The Balaban J connectivity index is 2.64. The summed E-state index contributed by atoms with van der Waals surface area (Å²) in [5.41, 5.74) is 1.37. The summed E-state index contributed by atoms with van der Waals surface area (Å²) in [6, 6.07) is 8.30. The predicted molar refractivity (Wildman–Crippen MR) is 68.9 cm³/mol. The number of rotatable bonds is 4. The van der Waals surface area contributed by atoms with Gasteiger partial charge in [0.15, 0.2) is 0 Å². The van der Waals surface area contributed by atoms with Crippen molar-refractivity contribution in [2.45, 2.75) is 31.8 Å². The van der Waals surface area contributed by atoms with Gasteiger partial charge in [-0.3, -0.25) is 0 Å². The van der Waals surface area contributed by atoms with Crippen LogP contribution in [-0.4, -0.2) is 5.08 Å². The lowest BCUT2D eigenvalue weighted by Crippen LogP contribution is -2.14. The molecule has 0 saturated carbocycles. The maximum absolute atomic E-state index is 5.66. The minimum atomic E-state index is -0.272. The van der Waals surface area contributed by atoms with Crippen molar-refractivity contribution < 1.29 is 4.74 Å². The van der Waals surface area contributed by atoms with Crippen molar-refractivity contribution in [2.24, 2.45) is 0 Å². The molecule has 1 rings (SSSR count). The molecule has 0 spiro atoms. The maximum atomic E-state index is 5.66. The van der Waals surface area contributed by atoms with E-state index < -0.39 is 0 Å². The largest absolute Gasteiger partial charge is 0.480 e. The van der Waals surface area contributed by atoms with E-state index in [0.29, 0.717) is 0 Å². The SMILES string of the molecule is CCCc1ccc(OC(C)(P)P)cc1. The number of hydrogen-bond donors (Lipinski definition) is 0. The standard InChI is InChI=1S/C11H18OP2/c1-3-4-9-5-7-10(8-6-9)12-11(2,13)14/h5-8H,3-4,13-14H2,1-2H3. The van der Waals surface area contributed by atoms with Crippen LogP contribution in [0, 0.1) is 0 Å². The van der Waals surface area contributed by atoms with E-state index in [4.69, 9.17) is 4.74 Å². The van der Waals surface area contributed by atoms with Crippen molar-refractivity contribution in [1.29, 1.82) is 0 Å². The van der Waals surface area contributed by atoms with Crippen molar-refractivity contribution >= 4 is 18.5 Å². The highest BCUT2D eigenvalue weighted by Gasteiger charge is 2.11. The topological polar surface area (TPSA) is 9.23 Å². The number of hydrogen-bond acceptors (Lipinski definition) is 1. The van der Waals surface area contributed by atoms with Crippen LogP contribution in [0.4, 0.5) is 0 Å². The van der Waals surface area contributed by atoms with Gasteiger partial charge in [0.1, 0.15) is 10.8 Å². The van der Waals surface area contributed by atoms with Gasteiger partial charge in [0.05, 0.1) is 0 Å². The lowest BCUT2D eigenvalue weighted by molar-refractivity contribution is 0.275. The zero-order valence-corrected chi connectivity index (χ0v) is 11.1. The lowest BCUT2D eigenvalue weighted by atomic mass is 10.1. The molecule has 78 valence electrons. The van der Waals surface area contributed by atoms with E-state index in [1.54, 1.807) is 0 Å². The van der Waals surface area contributed by atoms with Crippen LogP contribution in [0.15, 0.2) is 24.3 Å². The molecule has 3 heteroatoms. The third-order valence-electron chi connectivity index (χ3n) is 1.80. The van der Waals surface area contributed by atoms with Crippen LogP contribution in [0.5, 0.6) is 5.75 Å². The van der Waals surface area contributed by atoms with Gasteiger partial charge in [0.2, 0.25) is 0 Å². The van der Waals surface area contributed by atoms with Crippen LogP contribution in [0.2, 0.25) is 0 Å². The van der Waals surface area contributed by atoms with Crippen molar-refractivity contribution in [3.63, 3.8) is 0 Å². The van der Waals surface area contributed by atoms with Gasteiger partial charge in [-0.1, -0.05) is 44.0 Å². The maximum Gasteiger partial charge on any atom is 0.131 e. The molecular weight excluding hydrogens is 210 g/mol. The summed E-state index contributed by atoms with van der Waals surface area (Å²) >= 11 is 0. The molecule has 0 heterocycles. The normalized spacial score (nSPS) is 11.4. The van der Waals surface area contributed by atoms with Gasteiger partial charge in [-0.25, -0.2) is 0 Å². The van der Waals surface area contributed by atoms with Gasteiger partial charge in [0, 0.05) is 0 Å². The summed E-state index contributed by atoms with van der Waals surface area (Å²) < 4.78 is 5.66. The van der Waals surface area contributed by atoms with Crippen LogP contribution < -0.4 is 4.74 Å². The van der Waals surface area contributed by atoms with E-state index in [9.17, 15) is 0 Å². The molecule has 0 N–H and O–H groups in total. The quantitative estimate of drug-likeness (QED) is 0.717. The Morgan fingerprint density at radius 3 is 2.21 bits per heavy atom. The van der Waals surface area contributed by atoms with Crippen molar-refractivity contribution in [1.82, 2.24) is 0 Å². The first-order chi connectivity index (χ1) is 6.51. The molecule has 1 aromatic rings. The average molecular weight is 228 g/mol. The number of benzene rings is 1. The second-order valence-electron chi connectivity index (χ2n) is 3.68. The zero-order valence-electron chi connectivity index (χ0n) is 8.79. The molecule has 0 fully saturated rings. The highest BCUT2D eigenvalue weighted by atomic mass is 31.1. The molecule has 2 unspecified atom stereocenters. The van der Waals surface area contributed by atoms with Crippen LogP contribution in [-0.2, 0) is 6.42 Å². The molecule has 0 aliphatic rings. The Bertz CT molecular complexity index is 274. The second-order valence-corrected chi connectivity index (χ2v) is 6.64. The summed E-state index contributed by atoms with van der Waals surface area (Å²) in [5.74, 6) is 0.914. The Hall–Kier alpha value is -0.120. The average Bonchev–Trinajstić information content (AvgIpc) is 2.06. The lowest BCUT2D eigenvalue weighted by Gasteiger charge is -2.20. The van der Waals surface area contributed by atoms with Crippen LogP contribution >= 0.6 is 18.5 Å². The molecule has 14 heavy (non-hydrogen) atoms. The van der Waals surface area contributed by atoms with Gasteiger partial charge in [-0.15, -0.1) is 0 Å². The highest BCUT2D eigenvalue weighted by molar-refractivity contribution is 7.39. The van der Waals surface area contributed by atoms with Crippen LogP contribution in [0.1, 0.15) is 25.8 Å². The van der Waals surface area contributed by atoms with E-state index in [1.165, 1.54) is 12.0 Å². The minimum absolute atomic E-state index is 0.272. The summed E-state index contributed by atoms with van der Waals surface area (Å²) in [5, 5.41) is -0.272. The van der Waals surface area contributed by atoms with Crippen LogP contribution in [0.25, 0.3) is 0 Å². The van der Waals surface area contributed by atoms with E-state index in [-0.39, 0.29) is 5.08 Å². The van der Waals surface area contributed by atoms with Crippen LogP contribution in [0.3, 0.4) is 0 Å². The first-order valence-electron chi connectivity index (χ1n) is 4.87. The zero-order chi connectivity index (χ0) is 10.6.